The number of rotatable bonds is 3. The van der Waals surface area contributed by atoms with Crippen molar-refractivity contribution in [3.63, 3.8) is 0 Å². The summed E-state index contributed by atoms with van der Waals surface area (Å²) in [5, 5.41) is 19.2. The van der Waals surface area contributed by atoms with E-state index in [1.807, 2.05) is 0 Å². The number of aliphatic hydroxyl groups is 1. The Morgan fingerprint density at radius 3 is 1.88 bits per heavy atom. The molecule has 1 rings (SSSR count). The highest BCUT2D eigenvalue weighted by Crippen LogP contribution is 2.39. The van der Waals surface area contributed by atoms with Crippen molar-refractivity contribution in [2.24, 2.45) is 5.41 Å². The molecule has 0 aliphatic rings. The third-order valence-electron chi connectivity index (χ3n) is 3.18. The van der Waals surface area contributed by atoms with Gasteiger partial charge in [0.05, 0.1) is 5.41 Å². The predicted molar refractivity (Wildman–Crippen MR) is 57.3 cm³/mol. The van der Waals surface area contributed by atoms with Gasteiger partial charge >= 0.3 is 5.97 Å². The molecule has 5 heteroatoms. The van der Waals surface area contributed by atoms with Gasteiger partial charge in [-0.25, -0.2) is 8.78 Å². The van der Waals surface area contributed by atoms with Crippen LogP contribution in [0.5, 0.6) is 0 Å². The van der Waals surface area contributed by atoms with E-state index in [2.05, 4.69) is 0 Å². The standard InChI is InChI=1S/C12H14F2O3/c1-11(2,10(15)16)12(3,17)7-4-8(13)6-9(14)5-7/h4-6,17H,1-3H3,(H,15,16). The van der Waals surface area contributed by atoms with Gasteiger partial charge in [0, 0.05) is 6.07 Å². The van der Waals surface area contributed by atoms with E-state index in [1.54, 1.807) is 0 Å². The Hall–Kier alpha value is -1.49. The van der Waals surface area contributed by atoms with E-state index >= 15 is 0 Å². The lowest BCUT2D eigenvalue weighted by atomic mass is 9.72. The van der Waals surface area contributed by atoms with Gasteiger partial charge in [0.1, 0.15) is 17.2 Å². The predicted octanol–water partition coefficient (Wildman–Crippen LogP) is 2.28. The highest BCUT2D eigenvalue weighted by molar-refractivity contribution is 5.75. The second-order valence-electron chi connectivity index (χ2n) is 4.66. The summed E-state index contributed by atoms with van der Waals surface area (Å²) in [6.45, 7) is 3.80. The second kappa shape index (κ2) is 4.07. The van der Waals surface area contributed by atoms with Gasteiger partial charge < -0.3 is 10.2 Å². The van der Waals surface area contributed by atoms with Gasteiger partial charge in [-0.2, -0.15) is 0 Å². The summed E-state index contributed by atoms with van der Waals surface area (Å²) < 4.78 is 26.1. The molecule has 0 amide bonds. The average Bonchev–Trinajstić information content (AvgIpc) is 2.15. The van der Waals surface area contributed by atoms with Crippen LogP contribution in [-0.4, -0.2) is 16.2 Å². The van der Waals surface area contributed by atoms with Gasteiger partial charge in [-0.3, -0.25) is 4.79 Å². The van der Waals surface area contributed by atoms with Crippen LogP contribution < -0.4 is 0 Å². The van der Waals surface area contributed by atoms with Gasteiger partial charge in [0.25, 0.3) is 0 Å². The van der Waals surface area contributed by atoms with E-state index in [0.717, 1.165) is 12.1 Å². The molecule has 1 aromatic carbocycles. The lowest BCUT2D eigenvalue weighted by Gasteiger charge is -2.36. The number of benzene rings is 1. The van der Waals surface area contributed by atoms with Crippen molar-refractivity contribution in [1.29, 1.82) is 0 Å². The van der Waals surface area contributed by atoms with Gasteiger partial charge in [-0.05, 0) is 38.5 Å². The SMILES string of the molecule is CC(C)(C(=O)O)C(C)(O)c1cc(F)cc(F)c1. The molecular weight excluding hydrogens is 230 g/mol. The van der Waals surface area contributed by atoms with Crippen LogP contribution in [0.1, 0.15) is 26.3 Å². The molecule has 1 atom stereocenters. The first kappa shape index (κ1) is 13.6. The summed E-state index contributed by atoms with van der Waals surface area (Å²) in [5.74, 6) is -2.98. The van der Waals surface area contributed by atoms with Crippen LogP contribution in [-0.2, 0) is 10.4 Å². The highest BCUT2D eigenvalue weighted by atomic mass is 19.1. The fourth-order valence-corrected chi connectivity index (χ4v) is 1.40. The van der Waals surface area contributed by atoms with Crippen molar-refractivity contribution in [3.8, 4) is 0 Å². The van der Waals surface area contributed by atoms with Crippen molar-refractivity contribution in [1.82, 2.24) is 0 Å². The van der Waals surface area contributed by atoms with E-state index < -0.39 is 28.6 Å². The van der Waals surface area contributed by atoms with E-state index in [1.165, 1.54) is 20.8 Å². The van der Waals surface area contributed by atoms with Crippen molar-refractivity contribution in [2.75, 3.05) is 0 Å². The van der Waals surface area contributed by atoms with Crippen molar-refractivity contribution >= 4 is 5.97 Å². The Labute approximate surface area is 97.7 Å². The Morgan fingerprint density at radius 1 is 1.12 bits per heavy atom. The first-order valence-corrected chi connectivity index (χ1v) is 5.01. The van der Waals surface area contributed by atoms with Crippen LogP contribution >= 0.6 is 0 Å². The second-order valence-corrected chi connectivity index (χ2v) is 4.66. The third-order valence-corrected chi connectivity index (χ3v) is 3.18. The molecule has 1 unspecified atom stereocenters. The minimum absolute atomic E-state index is 0.109. The van der Waals surface area contributed by atoms with Crippen LogP contribution in [0.15, 0.2) is 18.2 Å². The topological polar surface area (TPSA) is 57.5 Å². The zero-order valence-electron chi connectivity index (χ0n) is 9.79. The van der Waals surface area contributed by atoms with Crippen LogP contribution in [0, 0.1) is 17.0 Å². The van der Waals surface area contributed by atoms with E-state index in [4.69, 9.17) is 5.11 Å². The molecule has 0 bridgehead atoms. The lowest BCUT2D eigenvalue weighted by Crippen LogP contribution is -2.45. The summed E-state index contributed by atoms with van der Waals surface area (Å²) >= 11 is 0. The molecular formula is C12H14F2O3. The molecule has 0 spiro atoms. The molecule has 1 aromatic rings. The molecule has 0 saturated heterocycles. The van der Waals surface area contributed by atoms with Crippen LogP contribution in [0.25, 0.3) is 0 Å². The van der Waals surface area contributed by atoms with Crippen molar-refractivity contribution in [2.45, 2.75) is 26.4 Å². The van der Waals surface area contributed by atoms with Crippen molar-refractivity contribution in [3.05, 3.63) is 35.4 Å². The molecule has 17 heavy (non-hydrogen) atoms. The summed E-state index contributed by atoms with van der Waals surface area (Å²) in [6.07, 6.45) is 0. The number of carbonyl (C=O) groups is 1. The molecule has 3 nitrogen and oxygen atoms in total. The minimum Gasteiger partial charge on any atom is -0.481 e. The van der Waals surface area contributed by atoms with Crippen molar-refractivity contribution < 1.29 is 23.8 Å². The first-order chi connectivity index (χ1) is 7.59. The molecule has 0 aromatic heterocycles. The molecule has 0 fully saturated rings. The largest absolute Gasteiger partial charge is 0.481 e. The number of hydrogen-bond donors (Lipinski definition) is 2. The molecule has 0 radical (unpaired) electrons. The number of hydrogen-bond acceptors (Lipinski definition) is 2. The van der Waals surface area contributed by atoms with Gasteiger partial charge in [0.15, 0.2) is 0 Å². The fourth-order valence-electron chi connectivity index (χ4n) is 1.40. The summed E-state index contributed by atoms with van der Waals surface area (Å²) in [5.41, 5.74) is -3.57. The Balaban J connectivity index is 3.35. The molecule has 0 aliphatic heterocycles. The zero-order chi connectivity index (χ0) is 13.4. The lowest BCUT2D eigenvalue weighted by molar-refractivity contribution is -0.164. The molecule has 0 aliphatic carbocycles. The molecule has 94 valence electrons. The summed E-state index contributed by atoms with van der Waals surface area (Å²) in [6, 6.07) is 2.51. The van der Waals surface area contributed by atoms with E-state index in [0.29, 0.717) is 6.07 Å². The molecule has 0 heterocycles. The van der Waals surface area contributed by atoms with Crippen LogP contribution in [0.2, 0.25) is 0 Å². The maximum absolute atomic E-state index is 13.0. The smallest absolute Gasteiger partial charge is 0.312 e. The molecule has 2 N–H and O–H groups in total. The summed E-state index contributed by atoms with van der Waals surface area (Å²) in [7, 11) is 0. The average molecular weight is 244 g/mol. The minimum atomic E-state index is -1.89. The maximum Gasteiger partial charge on any atom is 0.312 e. The summed E-state index contributed by atoms with van der Waals surface area (Å²) in [4.78, 5) is 11.1. The zero-order valence-corrected chi connectivity index (χ0v) is 9.79. The monoisotopic (exact) mass is 244 g/mol. The maximum atomic E-state index is 13.0. The quantitative estimate of drug-likeness (QED) is 0.857. The first-order valence-electron chi connectivity index (χ1n) is 5.01. The van der Waals surface area contributed by atoms with Gasteiger partial charge in [0.2, 0.25) is 0 Å². The third kappa shape index (κ3) is 2.29. The fraction of sp³-hybridized carbons (Fsp3) is 0.417. The number of aliphatic carboxylic acids is 1. The number of carboxylic acid groups (broad SMARTS) is 1. The normalized spacial score (nSPS) is 15.4. The molecule has 0 saturated carbocycles. The van der Waals surface area contributed by atoms with Crippen LogP contribution in [0.3, 0.4) is 0 Å². The van der Waals surface area contributed by atoms with Gasteiger partial charge in [-0.15, -0.1) is 0 Å². The van der Waals surface area contributed by atoms with E-state index in [9.17, 15) is 18.7 Å². The van der Waals surface area contributed by atoms with Crippen LogP contribution in [0.4, 0.5) is 8.78 Å². The Bertz CT molecular complexity index is 433. The highest BCUT2D eigenvalue weighted by Gasteiger charge is 2.47. The number of carboxylic acids is 1. The Kier molecular flexibility index (Phi) is 3.25. The Morgan fingerprint density at radius 2 is 1.53 bits per heavy atom. The van der Waals surface area contributed by atoms with E-state index in [-0.39, 0.29) is 5.56 Å². The van der Waals surface area contributed by atoms with Gasteiger partial charge in [-0.1, -0.05) is 0 Å². The number of halogens is 2.